The maximum Gasteiger partial charge on any atom is 0.236 e. The van der Waals surface area contributed by atoms with E-state index in [1.807, 2.05) is 6.07 Å². The van der Waals surface area contributed by atoms with Crippen LogP contribution in [-0.4, -0.2) is 55.6 Å². The van der Waals surface area contributed by atoms with Crippen LogP contribution in [0.4, 0.5) is 5.82 Å². The van der Waals surface area contributed by atoms with Gasteiger partial charge in [0.25, 0.3) is 0 Å². The summed E-state index contributed by atoms with van der Waals surface area (Å²) in [4.78, 5) is 12.2. The van der Waals surface area contributed by atoms with E-state index in [-0.39, 0.29) is 12.4 Å². The first kappa shape index (κ1) is 12.7. The Balaban J connectivity index is 2.16. The molecule has 2 aromatic heterocycles. The van der Waals surface area contributed by atoms with Crippen molar-refractivity contribution in [3.8, 4) is 6.07 Å². The number of hydrogen-bond donors (Lipinski definition) is 3. The molecule has 1 fully saturated rings. The van der Waals surface area contributed by atoms with Crippen LogP contribution in [0, 0.1) is 11.3 Å². The number of anilines is 1. The van der Waals surface area contributed by atoms with Gasteiger partial charge in [-0.15, -0.1) is 0 Å². The third-order valence-electron chi connectivity index (χ3n) is 3.16. The van der Waals surface area contributed by atoms with Gasteiger partial charge in [-0.1, -0.05) is 0 Å². The number of fused-ring (bicyclic) bond motifs is 1. The Morgan fingerprint density at radius 3 is 2.90 bits per heavy atom. The number of aliphatic hydroxyl groups excluding tert-OH is 2. The average Bonchev–Trinajstić information content (AvgIpc) is 3.02. The molecule has 3 N–H and O–H groups in total. The lowest BCUT2D eigenvalue weighted by atomic mass is 10.2. The van der Waals surface area contributed by atoms with Gasteiger partial charge in [-0.25, -0.2) is 4.98 Å². The maximum absolute atomic E-state index is 9.89. The first-order valence-corrected chi connectivity index (χ1v) is 5.96. The van der Waals surface area contributed by atoms with E-state index in [0.29, 0.717) is 17.0 Å². The van der Waals surface area contributed by atoms with E-state index >= 15 is 0 Å². The largest absolute Gasteiger partial charge is 0.388 e. The van der Waals surface area contributed by atoms with Crippen molar-refractivity contribution in [3.05, 3.63) is 12.2 Å². The summed E-state index contributed by atoms with van der Waals surface area (Å²) in [6.45, 7) is 0.0284. The number of nitrogens with one attached hydrogen (secondary N) is 1. The molecular weight excluding hydrogens is 264 g/mol. The normalized spacial score (nSPS) is 25.8. The van der Waals surface area contributed by atoms with Gasteiger partial charge < -0.3 is 20.3 Å². The lowest BCUT2D eigenvalue weighted by Crippen LogP contribution is -2.28. The van der Waals surface area contributed by atoms with Crippen LogP contribution in [0.3, 0.4) is 0 Å². The highest BCUT2D eigenvalue weighted by atomic mass is 16.5. The van der Waals surface area contributed by atoms with E-state index in [9.17, 15) is 10.2 Å². The molecule has 104 valence electrons. The van der Waals surface area contributed by atoms with Crippen molar-refractivity contribution in [1.29, 1.82) is 5.26 Å². The van der Waals surface area contributed by atoms with Crippen molar-refractivity contribution in [2.24, 2.45) is 0 Å². The monoisotopic (exact) mass is 276 g/mol. The number of aromatic nitrogens is 4. The minimum atomic E-state index is -1.08. The summed E-state index contributed by atoms with van der Waals surface area (Å²) in [6, 6.07) is 1.87. The zero-order valence-electron chi connectivity index (χ0n) is 10.6. The number of nitrogens with zero attached hydrogens (tertiary/aromatic N) is 5. The Kier molecular flexibility index (Phi) is 2.98. The van der Waals surface area contributed by atoms with E-state index in [2.05, 4.69) is 20.3 Å². The van der Waals surface area contributed by atoms with Crippen molar-refractivity contribution in [1.82, 2.24) is 19.5 Å². The van der Waals surface area contributed by atoms with Gasteiger partial charge in [-0.2, -0.15) is 15.2 Å². The lowest BCUT2D eigenvalue weighted by Gasteiger charge is -2.16. The molecule has 0 spiro atoms. The zero-order chi connectivity index (χ0) is 14.3. The molecule has 1 saturated heterocycles. The Morgan fingerprint density at radius 2 is 2.30 bits per heavy atom. The van der Waals surface area contributed by atoms with E-state index < -0.39 is 18.4 Å². The third-order valence-corrected chi connectivity index (χ3v) is 3.16. The molecule has 1 aliphatic rings. The molecule has 0 bridgehead atoms. The van der Waals surface area contributed by atoms with Gasteiger partial charge in [0.2, 0.25) is 5.82 Å². The Labute approximate surface area is 113 Å². The predicted octanol–water partition coefficient (Wildman–Crippen LogP) is -1.01. The summed E-state index contributed by atoms with van der Waals surface area (Å²) in [7, 11) is 1.66. The molecule has 3 heterocycles. The standard InChI is InChI=1S/C11H12N6O3/c1-13-9-7-10(16-6(2-12)15-9)17(4-14-7)11-8(19)5(18)3-20-11/h4-5,8,11,18-19H,3H2,1H3,(H,13,15,16)/t5-,8-,11-/m1/s1. The zero-order valence-corrected chi connectivity index (χ0v) is 10.6. The second-order valence-electron chi connectivity index (χ2n) is 4.36. The van der Waals surface area contributed by atoms with Gasteiger partial charge in [0, 0.05) is 7.05 Å². The molecule has 3 atom stereocenters. The molecule has 2 aromatic rings. The minimum Gasteiger partial charge on any atom is -0.388 e. The van der Waals surface area contributed by atoms with Gasteiger partial charge >= 0.3 is 0 Å². The van der Waals surface area contributed by atoms with Gasteiger partial charge in [-0.05, 0) is 0 Å². The molecule has 3 rings (SSSR count). The van der Waals surface area contributed by atoms with E-state index in [0.717, 1.165) is 0 Å². The first-order chi connectivity index (χ1) is 9.65. The summed E-state index contributed by atoms with van der Waals surface area (Å²) in [5, 5.41) is 31.2. The van der Waals surface area contributed by atoms with Crippen LogP contribution < -0.4 is 5.32 Å². The summed E-state index contributed by atoms with van der Waals surface area (Å²) in [6.07, 6.45) is -1.39. The number of aliphatic hydroxyl groups is 2. The SMILES string of the molecule is CNc1nc(C#N)nc2c1ncn2[C@@H]1OC[C@@H](O)[C@H]1O. The third kappa shape index (κ3) is 1.78. The second kappa shape index (κ2) is 4.68. The highest BCUT2D eigenvalue weighted by Gasteiger charge is 2.37. The Morgan fingerprint density at radius 1 is 1.50 bits per heavy atom. The summed E-state index contributed by atoms with van der Waals surface area (Å²) in [5.74, 6) is 0.398. The van der Waals surface area contributed by atoms with Crippen molar-refractivity contribution in [2.45, 2.75) is 18.4 Å². The summed E-state index contributed by atoms with van der Waals surface area (Å²) < 4.78 is 6.82. The van der Waals surface area contributed by atoms with Crippen LogP contribution in [0.25, 0.3) is 11.2 Å². The molecule has 9 heteroatoms. The molecule has 0 aliphatic carbocycles. The van der Waals surface area contributed by atoms with Crippen molar-refractivity contribution >= 4 is 17.0 Å². The van der Waals surface area contributed by atoms with Crippen LogP contribution in [0.15, 0.2) is 6.33 Å². The van der Waals surface area contributed by atoms with E-state index in [4.69, 9.17) is 10.00 Å². The van der Waals surface area contributed by atoms with Crippen LogP contribution in [0.2, 0.25) is 0 Å². The minimum absolute atomic E-state index is 0.0170. The predicted molar refractivity (Wildman–Crippen MR) is 66.6 cm³/mol. The van der Waals surface area contributed by atoms with Gasteiger partial charge in [-0.3, -0.25) is 4.57 Å². The molecule has 0 aromatic carbocycles. The highest BCUT2D eigenvalue weighted by Crippen LogP contribution is 2.28. The van der Waals surface area contributed by atoms with Crippen LogP contribution in [0.1, 0.15) is 12.1 Å². The summed E-state index contributed by atoms with van der Waals surface area (Å²) in [5.41, 5.74) is 0.822. The molecule has 20 heavy (non-hydrogen) atoms. The lowest BCUT2D eigenvalue weighted by molar-refractivity contribution is -0.0162. The quantitative estimate of drug-likeness (QED) is 0.636. The van der Waals surface area contributed by atoms with Crippen LogP contribution >= 0.6 is 0 Å². The molecule has 0 radical (unpaired) electrons. The fourth-order valence-electron chi connectivity index (χ4n) is 2.16. The number of nitriles is 1. The van der Waals surface area contributed by atoms with E-state index in [1.165, 1.54) is 10.9 Å². The topological polar surface area (TPSA) is 129 Å². The number of imidazole rings is 1. The van der Waals surface area contributed by atoms with Crippen LogP contribution in [-0.2, 0) is 4.74 Å². The molecule has 9 nitrogen and oxygen atoms in total. The molecule has 0 saturated carbocycles. The highest BCUT2D eigenvalue weighted by molar-refractivity contribution is 5.83. The fraction of sp³-hybridized carbons (Fsp3) is 0.455. The molecule has 0 amide bonds. The van der Waals surface area contributed by atoms with Crippen LogP contribution in [0.5, 0.6) is 0 Å². The number of hydrogen-bond acceptors (Lipinski definition) is 8. The molecular formula is C11H12N6O3. The van der Waals surface area contributed by atoms with Gasteiger partial charge in [0.1, 0.15) is 18.3 Å². The van der Waals surface area contributed by atoms with Gasteiger partial charge in [0.15, 0.2) is 23.2 Å². The summed E-state index contributed by atoms with van der Waals surface area (Å²) >= 11 is 0. The fourth-order valence-corrected chi connectivity index (χ4v) is 2.16. The maximum atomic E-state index is 9.89. The number of rotatable bonds is 2. The molecule has 0 unspecified atom stereocenters. The number of ether oxygens (including phenoxy) is 1. The first-order valence-electron chi connectivity index (χ1n) is 5.96. The second-order valence-corrected chi connectivity index (χ2v) is 4.36. The Bertz CT molecular complexity index is 693. The smallest absolute Gasteiger partial charge is 0.236 e. The van der Waals surface area contributed by atoms with Crippen molar-refractivity contribution in [2.75, 3.05) is 19.0 Å². The van der Waals surface area contributed by atoms with Crippen molar-refractivity contribution in [3.63, 3.8) is 0 Å². The van der Waals surface area contributed by atoms with E-state index in [1.54, 1.807) is 7.05 Å². The average molecular weight is 276 g/mol. The molecule has 1 aliphatic heterocycles. The van der Waals surface area contributed by atoms with Crippen molar-refractivity contribution < 1.29 is 14.9 Å². The Hall–Kier alpha value is -2.28. The van der Waals surface area contributed by atoms with Gasteiger partial charge in [0.05, 0.1) is 12.9 Å².